The van der Waals surface area contributed by atoms with Crippen LogP contribution in [0.25, 0.3) is 0 Å². The van der Waals surface area contributed by atoms with E-state index in [1.165, 1.54) is 24.3 Å². The van der Waals surface area contributed by atoms with E-state index in [9.17, 15) is 17.6 Å². The van der Waals surface area contributed by atoms with Gasteiger partial charge in [0.15, 0.2) is 0 Å². The molecule has 0 aromatic heterocycles. The van der Waals surface area contributed by atoms with Crippen LogP contribution in [0.4, 0.5) is 10.1 Å². The van der Waals surface area contributed by atoms with E-state index < -0.39 is 28.3 Å². The molecule has 0 heterocycles. The van der Waals surface area contributed by atoms with Gasteiger partial charge in [0, 0.05) is 5.56 Å². The zero-order chi connectivity index (χ0) is 22.4. The summed E-state index contributed by atoms with van der Waals surface area (Å²) < 4.78 is 41.2. The molecule has 0 saturated heterocycles. The summed E-state index contributed by atoms with van der Waals surface area (Å²) >= 11 is 0. The first-order valence-electron chi connectivity index (χ1n) is 9.50. The molecule has 0 aliphatic rings. The summed E-state index contributed by atoms with van der Waals surface area (Å²) in [5, 5.41) is 3.74. The Morgan fingerprint density at radius 2 is 1.55 bits per heavy atom. The fourth-order valence-electron chi connectivity index (χ4n) is 2.78. The van der Waals surface area contributed by atoms with Crippen LogP contribution in [-0.2, 0) is 14.8 Å². The van der Waals surface area contributed by atoms with E-state index in [1.54, 1.807) is 48.5 Å². The second-order valence-corrected chi connectivity index (χ2v) is 8.84. The first-order chi connectivity index (χ1) is 14.8. The number of nitrogens with zero attached hydrogens (tertiary/aromatic N) is 2. The standard InChI is InChI=1S/C23H22FN3O3S/c1-17-7-11-20(12-8-17)27(31(29,30)21-13-9-18(2)10-14-21)16-23(28)26-25-15-19-5-3-4-6-22(19)24/h3-15H,16H2,1-2H3,(H,26,28). The minimum Gasteiger partial charge on any atom is -0.271 e. The summed E-state index contributed by atoms with van der Waals surface area (Å²) in [6.07, 6.45) is 1.16. The topological polar surface area (TPSA) is 78.8 Å². The van der Waals surface area contributed by atoms with Crippen molar-refractivity contribution in [3.05, 3.63) is 95.3 Å². The van der Waals surface area contributed by atoms with Gasteiger partial charge in [0.1, 0.15) is 12.4 Å². The normalized spacial score (nSPS) is 11.5. The van der Waals surface area contributed by atoms with E-state index in [1.807, 2.05) is 13.8 Å². The predicted octanol–water partition coefficient (Wildman–Crippen LogP) is 3.79. The highest BCUT2D eigenvalue weighted by Crippen LogP contribution is 2.24. The van der Waals surface area contributed by atoms with E-state index in [0.717, 1.165) is 21.6 Å². The maximum absolute atomic E-state index is 13.7. The smallest absolute Gasteiger partial charge is 0.264 e. The molecule has 0 unspecified atom stereocenters. The van der Waals surface area contributed by atoms with Gasteiger partial charge in [-0.1, -0.05) is 53.6 Å². The molecule has 160 valence electrons. The monoisotopic (exact) mass is 439 g/mol. The zero-order valence-corrected chi connectivity index (χ0v) is 17.9. The van der Waals surface area contributed by atoms with Crippen LogP contribution in [0.1, 0.15) is 16.7 Å². The van der Waals surface area contributed by atoms with Crippen molar-refractivity contribution in [3.8, 4) is 0 Å². The van der Waals surface area contributed by atoms with Crippen molar-refractivity contribution in [2.24, 2.45) is 5.10 Å². The number of carbonyl (C=O) groups is 1. The Bertz CT molecular complexity index is 1190. The fourth-order valence-corrected chi connectivity index (χ4v) is 4.20. The number of amides is 1. The van der Waals surface area contributed by atoms with E-state index in [0.29, 0.717) is 5.69 Å². The Kier molecular flexibility index (Phi) is 6.81. The average molecular weight is 440 g/mol. The van der Waals surface area contributed by atoms with Gasteiger partial charge in [-0.3, -0.25) is 9.10 Å². The molecule has 3 rings (SSSR count). The summed E-state index contributed by atoms with van der Waals surface area (Å²) in [5.41, 5.74) is 4.68. The van der Waals surface area contributed by atoms with Crippen LogP contribution in [0.5, 0.6) is 0 Å². The number of anilines is 1. The molecular weight excluding hydrogens is 417 g/mol. The van der Waals surface area contributed by atoms with Gasteiger partial charge in [-0.2, -0.15) is 5.10 Å². The van der Waals surface area contributed by atoms with E-state index in [-0.39, 0.29) is 10.5 Å². The third kappa shape index (κ3) is 5.55. The molecule has 6 nitrogen and oxygen atoms in total. The number of rotatable bonds is 7. The molecule has 0 bridgehead atoms. The lowest BCUT2D eigenvalue weighted by molar-refractivity contribution is -0.119. The molecular formula is C23H22FN3O3S. The second-order valence-electron chi connectivity index (χ2n) is 6.97. The summed E-state index contributed by atoms with van der Waals surface area (Å²) in [7, 11) is -4.00. The third-order valence-electron chi connectivity index (χ3n) is 4.52. The molecule has 0 atom stereocenters. The minimum atomic E-state index is -4.00. The van der Waals surface area contributed by atoms with Gasteiger partial charge >= 0.3 is 0 Å². The Labute approximate surface area is 181 Å². The van der Waals surface area contributed by atoms with Crippen LogP contribution in [0.15, 0.2) is 82.8 Å². The van der Waals surface area contributed by atoms with Crippen molar-refractivity contribution < 1.29 is 17.6 Å². The van der Waals surface area contributed by atoms with Crippen molar-refractivity contribution in [3.63, 3.8) is 0 Å². The van der Waals surface area contributed by atoms with Gasteiger partial charge in [0.05, 0.1) is 16.8 Å². The SMILES string of the molecule is Cc1ccc(N(CC(=O)NN=Cc2ccccc2F)S(=O)(=O)c2ccc(C)cc2)cc1. The maximum Gasteiger partial charge on any atom is 0.264 e. The van der Waals surface area contributed by atoms with Gasteiger partial charge in [-0.15, -0.1) is 0 Å². The average Bonchev–Trinajstić information content (AvgIpc) is 2.74. The van der Waals surface area contributed by atoms with E-state index >= 15 is 0 Å². The molecule has 8 heteroatoms. The highest BCUT2D eigenvalue weighted by atomic mass is 32.2. The van der Waals surface area contributed by atoms with Gasteiger partial charge in [-0.05, 0) is 44.2 Å². The number of benzene rings is 3. The fraction of sp³-hybridized carbons (Fsp3) is 0.130. The molecule has 3 aromatic rings. The number of halogens is 1. The van der Waals surface area contributed by atoms with Crippen LogP contribution < -0.4 is 9.73 Å². The number of carbonyl (C=O) groups excluding carboxylic acids is 1. The van der Waals surface area contributed by atoms with E-state index in [4.69, 9.17) is 0 Å². The number of nitrogens with one attached hydrogen (secondary N) is 1. The van der Waals surface area contributed by atoms with Crippen molar-refractivity contribution in [2.45, 2.75) is 18.7 Å². The molecule has 0 radical (unpaired) electrons. The Morgan fingerprint density at radius 3 is 2.16 bits per heavy atom. The highest BCUT2D eigenvalue weighted by Gasteiger charge is 2.27. The molecule has 0 fully saturated rings. The molecule has 1 N–H and O–H groups in total. The minimum absolute atomic E-state index is 0.0707. The quantitative estimate of drug-likeness (QED) is 0.449. The van der Waals surface area contributed by atoms with Gasteiger partial charge < -0.3 is 0 Å². The zero-order valence-electron chi connectivity index (χ0n) is 17.1. The lowest BCUT2D eigenvalue weighted by atomic mass is 10.2. The van der Waals surface area contributed by atoms with Crippen LogP contribution in [-0.4, -0.2) is 27.1 Å². The van der Waals surface area contributed by atoms with Crippen molar-refractivity contribution in [1.82, 2.24) is 5.43 Å². The number of hydrazone groups is 1. The number of aryl methyl sites for hydroxylation is 2. The lowest BCUT2D eigenvalue weighted by Gasteiger charge is -2.24. The van der Waals surface area contributed by atoms with Crippen molar-refractivity contribution >= 4 is 27.8 Å². The summed E-state index contributed by atoms with van der Waals surface area (Å²) in [5.74, 6) is -1.15. The highest BCUT2D eigenvalue weighted by molar-refractivity contribution is 7.92. The maximum atomic E-state index is 13.7. The lowest BCUT2D eigenvalue weighted by Crippen LogP contribution is -2.39. The number of hydrogen-bond acceptors (Lipinski definition) is 4. The Hall–Kier alpha value is -3.52. The Morgan fingerprint density at radius 1 is 0.968 bits per heavy atom. The third-order valence-corrected chi connectivity index (χ3v) is 6.30. The predicted molar refractivity (Wildman–Crippen MR) is 119 cm³/mol. The van der Waals surface area contributed by atoms with Crippen LogP contribution in [0.2, 0.25) is 0 Å². The summed E-state index contributed by atoms with van der Waals surface area (Å²) in [6.45, 7) is 3.25. The molecule has 3 aromatic carbocycles. The summed E-state index contributed by atoms with van der Waals surface area (Å²) in [4.78, 5) is 12.5. The van der Waals surface area contributed by atoms with E-state index in [2.05, 4.69) is 10.5 Å². The molecule has 0 spiro atoms. The van der Waals surface area contributed by atoms with Crippen LogP contribution in [0, 0.1) is 19.7 Å². The van der Waals surface area contributed by atoms with Gasteiger partial charge in [-0.25, -0.2) is 18.2 Å². The van der Waals surface area contributed by atoms with Gasteiger partial charge in [0.2, 0.25) is 0 Å². The Balaban J connectivity index is 1.84. The van der Waals surface area contributed by atoms with Crippen molar-refractivity contribution in [1.29, 1.82) is 0 Å². The first-order valence-corrected chi connectivity index (χ1v) is 10.9. The molecule has 31 heavy (non-hydrogen) atoms. The number of hydrogen-bond donors (Lipinski definition) is 1. The number of sulfonamides is 1. The largest absolute Gasteiger partial charge is 0.271 e. The summed E-state index contributed by atoms with van der Waals surface area (Å²) in [6, 6.07) is 19.1. The second kappa shape index (κ2) is 9.53. The van der Waals surface area contributed by atoms with Crippen LogP contribution in [0.3, 0.4) is 0 Å². The van der Waals surface area contributed by atoms with Gasteiger partial charge in [0.25, 0.3) is 15.9 Å². The molecule has 0 aliphatic heterocycles. The molecule has 0 aliphatic carbocycles. The van der Waals surface area contributed by atoms with Crippen molar-refractivity contribution in [2.75, 3.05) is 10.8 Å². The van der Waals surface area contributed by atoms with Crippen LogP contribution >= 0.6 is 0 Å². The molecule has 0 saturated carbocycles. The molecule has 1 amide bonds. The first kappa shape index (κ1) is 22.2.